The van der Waals surface area contributed by atoms with E-state index in [1.165, 1.54) is 18.1 Å². The van der Waals surface area contributed by atoms with E-state index in [9.17, 15) is 9.59 Å². The molecule has 2 aliphatic heterocycles. The van der Waals surface area contributed by atoms with Crippen LogP contribution >= 0.6 is 23.1 Å². The van der Waals surface area contributed by atoms with Crippen LogP contribution in [0.15, 0.2) is 47.1 Å². The molecule has 0 saturated carbocycles. The first kappa shape index (κ1) is 20.3. The van der Waals surface area contributed by atoms with Gasteiger partial charge in [-0.05, 0) is 42.8 Å². The highest BCUT2D eigenvalue weighted by Crippen LogP contribution is 2.35. The molecule has 0 aliphatic carbocycles. The lowest BCUT2D eigenvalue weighted by Crippen LogP contribution is -2.53. The molecular formula is C22H22N4O3S2. The summed E-state index contributed by atoms with van der Waals surface area (Å²) in [7, 11) is 0. The number of thiophene rings is 1. The number of anilines is 1. The Hall–Kier alpha value is -2.65. The minimum absolute atomic E-state index is 0.0320. The van der Waals surface area contributed by atoms with Crippen molar-refractivity contribution in [3.8, 4) is 5.75 Å². The van der Waals surface area contributed by atoms with Gasteiger partial charge in [-0.25, -0.2) is 9.97 Å². The number of hydrogen-bond acceptors (Lipinski definition) is 7. The maximum atomic E-state index is 13.2. The van der Waals surface area contributed by atoms with Crippen LogP contribution in [0.25, 0.3) is 10.2 Å². The molecule has 2 amide bonds. The van der Waals surface area contributed by atoms with E-state index in [-0.39, 0.29) is 24.1 Å². The maximum absolute atomic E-state index is 13.2. The molecule has 3 aromatic rings. The molecule has 9 heteroatoms. The topological polar surface area (TPSA) is 75.6 Å². The first-order valence-corrected chi connectivity index (χ1v) is 12.2. The molecule has 4 heterocycles. The van der Waals surface area contributed by atoms with Gasteiger partial charge in [0, 0.05) is 18.5 Å². The number of fused-ring (bicyclic) bond motifs is 2. The fourth-order valence-corrected chi connectivity index (χ4v) is 5.66. The third-order valence-electron chi connectivity index (χ3n) is 5.58. The van der Waals surface area contributed by atoms with Crippen LogP contribution < -0.4 is 9.64 Å². The second-order valence-electron chi connectivity index (χ2n) is 7.57. The van der Waals surface area contributed by atoms with Gasteiger partial charge >= 0.3 is 0 Å². The van der Waals surface area contributed by atoms with Gasteiger partial charge in [0.2, 0.25) is 5.91 Å². The molecule has 0 N–H and O–H groups in total. The van der Waals surface area contributed by atoms with E-state index in [0.29, 0.717) is 11.4 Å². The van der Waals surface area contributed by atoms with E-state index in [4.69, 9.17) is 4.74 Å². The number of hydrogen-bond donors (Lipinski definition) is 0. The van der Waals surface area contributed by atoms with Crippen molar-refractivity contribution in [3.05, 3.63) is 42.0 Å². The first-order valence-electron chi connectivity index (χ1n) is 10.4. The molecule has 0 spiro atoms. The van der Waals surface area contributed by atoms with E-state index in [2.05, 4.69) is 9.97 Å². The van der Waals surface area contributed by atoms with E-state index in [1.54, 1.807) is 16.2 Å². The normalized spacial score (nSPS) is 18.5. The number of benzene rings is 1. The van der Waals surface area contributed by atoms with Crippen LogP contribution in [-0.2, 0) is 9.59 Å². The molecule has 2 aliphatic rings. The quantitative estimate of drug-likeness (QED) is 0.443. The minimum atomic E-state index is -0.676. The number of piperidine rings is 1. The van der Waals surface area contributed by atoms with Gasteiger partial charge in [-0.3, -0.25) is 9.59 Å². The summed E-state index contributed by atoms with van der Waals surface area (Å²) in [6, 6.07) is 9.39. The summed E-state index contributed by atoms with van der Waals surface area (Å²) in [5, 5.41) is 3.73. The van der Waals surface area contributed by atoms with Gasteiger partial charge in [-0.15, -0.1) is 11.3 Å². The number of thioether (sulfide) groups is 1. The summed E-state index contributed by atoms with van der Waals surface area (Å²) in [5.74, 6) is 0.695. The number of likely N-dealkylation sites (tertiary alicyclic amines) is 1. The molecule has 7 nitrogen and oxygen atoms in total. The van der Waals surface area contributed by atoms with Crippen LogP contribution in [-0.4, -0.2) is 58.2 Å². The number of carbonyl (C=O) groups is 2. The van der Waals surface area contributed by atoms with Crippen LogP contribution in [0.3, 0.4) is 0 Å². The maximum Gasteiger partial charge on any atom is 0.265 e. The van der Waals surface area contributed by atoms with Gasteiger partial charge < -0.3 is 14.5 Å². The second kappa shape index (κ2) is 8.84. The van der Waals surface area contributed by atoms with Crippen molar-refractivity contribution < 1.29 is 14.3 Å². The number of aromatic nitrogens is 2. The lowest BCUT2D eigenvalue weighted by molar-refractivity contribution is -0.139. The lowest BCUT2D eigenvalue weighted by Gasteiger charge is -2.37. The molecule has 5 rings (SSSR count). The van der Waals surface area contributed by atoms with Gasteiger partial charge in [-0.1, -0.05) is 23.9 Å². The largest absolute Gasteiger partial charge is 0.476 e. The first-order chi connectivity index (χ1) is 15.2. The molecule has 1 unspecified atom stereocenters. The van der Waals surface area contributed by atoms with Crippen LogP contribution in [0.4, 0.5) is 5.69 Å². The highest BCUT2D eigenvalue weighted by molar-refractivity contribution is 8.00. The third-order valence-corrected chi connectivity index (χ3v) is 7.39. The van der Waals surface area contributed by atoms with Gasteiger partial charge in [0.25, 0.3) is 5.91 Å². The van der Waals surface area contributed by atoms with Crippen molar-refractivity contribution in [1.82, 2.24) is 14.9 Å². The Kier molecular flexibility index (Phi) is 5.78. The van der Waals surface area contributed by atoms with Crippen molar-refractivity contribution in [2.24, 2.45) is 0 Å². The summed E-state index contributed by atoms with van der Waals surface area (Å²) in [6.07, 6.45) is 4.04. The number of carbonyl (C=O) groups excluding carboxylic acids is 2. The van der Waals surface area contributed by atoms with Crippen LogP contribution in [0.1, 0.15) is 19.3 Å². The van der Waals surface area contributed by atoms with Crippen molar-refractivity contribution in [2.45, 2.75) is 30.4 Å². The minimum Gasteiger partial charge on any atom is -0.476 e. The zero-order chi connectivity index (χ0) is 21.2. The van der Waals surface area contributed by atoms with E-state index >= 15 is 0 Å². The van der Waals surface area contributed by atoms with Crippen molar-refractivity contribution in [1.29, 1.82) is 0 Å². The molecule has 2 aromatic heterocycles. The van der Waals surface area contributed by atoms with E-state index in [1.807, 2.05) is 40.6 Å². The van der Waals surface area contributed by atoms with Gasteiger partial charge in [0.1, 0.15) is 21.9 Å². The fraction of sp³-hybridized carbons (Fsp3) is 0.364. The fourth-order valence-electron chi connectivity index (χ4n) is 4.01. The van der Waals surface area contributed by atoms with E-state index < -0.39 is 6.10 Å². The average Bonchev–Trinajstić information content (AvgIpc) is 3.31. The zero-order valence-corrected chi connectivity index (χ0v) is 18.5. The van der Waals surface area contributed by atoms with Crippen LogP contribution in [0, 0.1) is 0 Å². The van der Waals surface area contributed by atoms with Gasteiger partial charge in [0.15, 0.2) is 6.10 Å². The molecular weight excluding hydrogens is 432 g/mol. The SMILES string of the molecule is O=C(C1CN(C(=O)CSc2ncnc3sccc23)c2ccccc2O1)N1CCCCC1. The molecule has 0 radical (unpaired) electrons. The third kappa shape index (κ3) is 4.12. The van der Waals surface area contributed by atoms with E-state index in [0.717, 1.165) is 47.6 Å². The van der Waals surface area contributed by atoms with Crippen LogP contribution in [0.5, 0.6) is 5.75 Å². The molecule has 1 atom stereocenters. The highest BCUT2D eigenvalue weighted by Gasteiger charge is 2.36. The molecule has 31 heavy (non-hydrogen) atoms. The Morgan fingerprint density at radius 3 is 2.84 bits per heavy atom. The Morgan fingerprint density at radius 2 is 1.97 bits per heavy atom. The number of rotatable bonds is 4. The summed E-state index contributed by atoms with van der Waals surface area (Å²) in [6.45, 7) is 1.74. The molecule has 1 fully saturated rings. The number of para-hydroxylation sites is 2. The zero-order valence-electron chi connectivity index (χ0n) is 16.9. The Balaban J connectivity index is 1.34. The number of amides is 2. The highest BCUT2D eigenvalue weighted by atomic mass is 32.2. The number of ether oxygens (including phenoxy) is 1. The monoisotopic (exact) mass is 454 g/mol. The van der Waals surface area contributed by atoms with Crippen molar-refractivity contribution >= 4 is 50.8 Å². The average molecular weight is 455 g/mol. The van der Waals surface area contributed by atoms with Crippen molar-refractivity contribution in [2.75, 3.05) is 30.3 Å². The second-order valence-corrected chi connectivity index (χ2v) is 9.43. The molecule has 1 aromatic carbocycles. The summed E-state index contributed by atoms with van der Waals surface area (Å²) < 4.78 is 6.03. The Morgan fingerprint density at radius 1 is 1.13 bits per heavy atom. The smallest absolute Gasteiger partial charge is 0.265 e. The summed E-state index contributed by atoms with van der Waals surface area (Å²) in [5.41, 5.74) is 0.708. The summed E-state index contributed by atoms with van der Waals surface area (Å²) >= 11 is 2.95. The predicted molar refractivity (Wildman–Crippen MR) is 122 cm³/mol. The summed E-state index contributed by atoms with van der Waals surface area (Å²) in [4.78, 5) is 39.4. The van der Waals surface area contributed by atoms with Crippen LogP contribution in [0.2, 0.25) is 0 Å². The molecule has 1 saturated heterocycles. The molecule has 0 bridgehead atoms. The Bertz CT molecular complexity index is 1110. The Labute approximate surface area is 188 Å². The van der Waals surface area contributed by atoms with Gasteiger partial charge in [0.05, 0.1) is 18.0 Å². The number of nitrogens with zero attached hydrogens (tertiary/aromatic N) is 4. The predicted octanol–water partition coefficient (Wildman–Crippen LogP) is 3.59. The standard InChI is InChI=1S/C22H22N4O3S2/c27-19(13-31-21-15-8-11-30-20(15)23-14-24-21)26-12-18(22(28)25-9-4-1-5-10-25)29-17-7-3-2-6-16(17)26/h2-3,6-8,11,14,18H,1,4-5,9-10,12-13H2. The van der Waals surface area contributed by atoms with Crippen molar-refractivity contribution in [3.63, 3.8) is 0 Å². The van der Waals surface area contributed by atoms with Gasteiger partial charge in [-0.2, -0.15) is 0 Å². The lowest BCUT2D eigenvalue weighted by atomic mass is 10.1. The molecule has 160 valence electrons.